The molecule has 0 aliphatic rings. The van der Waals surface area contributed by atoms with Gasteiger partial charge in [0.25, 0.3) is 0 Å². The third-order valence-corrected chi connectivity index (χ3v) is 3.05. The predicted octanol–water partition coefficient (Wildman–Crippen LogP) is 6.12. The standard InChI is InChI=1S/C22H21/c1(3-5-9-15-21-17-11-7-12-18-21)2-4-6-10-16-22-19-13-8-14-20-22/h1-5,7-20H,6H2/b4-2+,5-3+,15-9+,16-10+. The van der Waals surface area contributed by atoms with Gasteiger partial charge in [0.2, 0.25) is 0 Å². The number of benzene rings is 2. The van der Waals surface area contributed by atoms with Crippen molar-refractivity contribution in [1.82, 2.24) is 0 Å². The zero-order valence-electron chi connectivity index (χ0n) is 12.7. The van der Waals surface area contributed by atoms with Crippen molar-refractivity contribution in [2.45, 2.75) is 6.42 Å². The average molecular weight is 285 g/mol. The Hall–Kier alpha value is -2.60. The second-order valence-corrected chi connectivity index (χ2v) is 4.82. The van der Waals surface area contributed by atoms with Crippen LogP contribution in [0.1, 0.15) is 17.5 Å². The van der Waals surface area contributed by atoms with Crippen LogP contribution in [0.25, 0.3) is 12.2 Å². The fourth-order valence-corrected chi connectivity index (χ4v) is 1.93. The highest BCUT2D eigenvalue weighted by Gasteiger charge is 1.81. The van der Waals surface area contributed by atoms with Crippen LogP contribution in [0.2, 0.25) is 0 Å². The summed E-state index contributed by atoms with van der Waals surface area (Å²) in [6, 6.07) is 20.6. The molecule has 2 aromatic carbocycles. The van der Waals surface area contributed by atoms with E-state index in [0.717, 1.165) is 6.42 Å². The predicted molar refractivity (Wildman–Crippen MR) is 98.1 cm³/mol. The van der Waals surface area contributed by atoms with Crippen LogP contribution in [0.4, 0.5) is 0 Å². The van der Waals surface area contributed by atoms with E-state index in [4.69, 9.17) is 0 Å². The van der Waals surface area contributed by atoms with E-state index in [1.54, 1.807) is 0 Å². The summed E-state index contributed by atoms with van der Waals surface area (Å²) in [5, 5.41) is 0. The molecular formula is C22H21. The molecule has 22 heavy (non-hydrogen) atoms. The highest BCUT2D eigenvalue weighted by molar-refractivity contribution is 5.51. The van der Waals surface area contributed by atoms with Gasteiger partial charge in [0.1, 0.15) is 0 Å². The zero-order valence-corrected chi connectivity index (χ0v) is 12.7. The largest absolute Gasteiger partial charge is 0.0841 e. The number of rotatable bonds is 7. The van der Waals surface area contributed by atoms with Gasteiger partial charge in [-0.05, 0) is 17.5 Å². The minimum absolute atomic E-state index is 0.944. The molecule has 0 amide bonds. The van der Waals surface area contributed by atoms with Gasteiger partial charge in [0, 0.05) is 6.42 Å². The van der Waals surface area contributed by atoms with Gasteiger partial charge in [0.05, 0.1) is 0 Å². The van der Waals surface area contributed by atoms with Crippen molar-refractivity contribution in [2.75, 3.05) is 0 Å². The number of hydrogen-bond donors (Lipinski definition) is 0. The van der Waals surface area contributed by atoms with Crippen LogP contribution in [-0.2, 0) is 0 Å². The molecule has 2 aromatic rings. The summed E-state index contributed by atoms with van der Waals surface area (Å²) in [5.41, 5.74) is 2.46. The average Bonchev–Trinajstić information content (AvgIpc) is 2.58. The highest BCUT2D eigenvalue weighted by Crippen LogP contribution is 2.03. The molecule has 0 saturated heterocycles. The van der Waals surface area contributed by atoms with Gasteiger partial charge in [-0.2, -0.15) is 0 Å². The normalized spacial score (nSPS) is 12.2. The second kappa shape index (κ2) is 10.2. The van der Waals surface area contributed by atoms with E-state index in [9.17, 15) is 0 Å². The summed E-state index contributed by atoms with van der Waals surface area (Å²) < 4.78 is 0. The summed E-state index contributed by atoms with van der Waals surface area (Å²) in [7, 11) is 0. The van der Waals surface area contributed by atoms with E-state index in [1.165, 1.54) is 11.1 Å². The second-order valence-electron chi connectivity index (χ2n) is 4.82. The molecule has 0 saturated carbocycles. The van der Waals surface area contributed by atoms with Gasteiger partial charge >= 0.3 is 0 Å². The van der Waals surface area contributed by atoms with Crippen molar-refractivity contribution in [3.63, 3.8) is 0 Å². The minimum atomic E-state index is 0.944. The first-order valence-corrected chi connectivity index (χ1v) is 7.55. The Kier molecular flexibility index (Phi) is 7.30. The Morgan fingerprint density at radius 2 is 1.18 bits per heavy atom. The van der Waals surface area contributed by atoms with Crippen molar-refractivity contribution < 1.29 is 0 Å². The van der Waals surface area contributed by atoms with Gasteiger partial charge in [-0.1, -0.05) is 109 Å². The Morgan fingerprint density at radius 3 is 1.86 bits per heavy atom. The fraction of sp³-hybridized carbons (Fsp3) is 0.0455. The quantitative estimate of drug-likeness (QED) is 0.537. The SMILES string of the molecule is [CH](/C=C/C=C/c1ccccc1)/C=C/C/C=C/c1ccccc1. The van der Waals surface area contributed by atoms with E-state index >= 15 is 0 Å². The third kappa shape index (κ3) is 6.71. The van der Waals surface area contributed by atoms with E-state index < -0.39 is 0 Å². The molecule has 0 aliphatic carbocycles. The lowest BCUT2D eigenvalue weighted by molar-refractivity contribution is 1.40. The molecule has 0 fully saturated rings. The van der Waals surface area contributed by atoms with Gasteiger partial charge in [-0.3, -0.25) is 0 Å². The summed E-state index contributed by atoms with van der Waals surface area (Å²) in [4.78, 5) is 0. The van der Waals surface area contributed by atoms with Crippen LogP contribution < -0.4 is 0 Å². The molecular weight excluding hydrogens is 264 g/mol. The molecule has 0 heteroatoms. The lowest BCUT2D eigenvalue weighted by atomic mass is 10.2. The summed E-state index contributed by atoms with van der Waals surface area (Å²) >= 11 is 0. The van der Waals surface area contributed by atoms with Gasteiger partial charge in [0.15, 0.2) is 0 Å². The monoisotopic (exact) mass is 285 g/mol. The molecule has 0 aliphatic heterocycles. The Balaban J connectivity index is 1.63. The van der Waals surface area contributed by atoms with Crippen LogP contribution >= 0.6 is 0 Å². The maximum atomic E-state index is 2.17. The van der Waals surface area contributed by atoms with Gasteiger partial charge < -0.3 is 0 Å². The van der Waals surface area contributed by atoms with E-state index in [1.807, 2.05) is 42.8 Å². The van der Waals surface area contributed by atoms with Crippen LogP contribution in [0.5, 0.6) is 0 Å². The molecule has 0 nitrogen and oxygen atoms in total. The van der Waals surface area contributed by atoms with Gasteiger partial charge in [-0.25, -0.2) is 0 Å². The molecule has 109 valence electrons. The van der Waals surface area contributed by atoms with Gasteiger partial charge in [-0.15, -0.1) is 0 Å². The summed E-state index contributed by atoms with van der Waals surface area (Å²) in [6.07, 6.45) is 19.7. The van der Waals surface area contributed by atoms with Crippen molar-refractivity contribution in [1.29, 1.82) is 0 Å². The third-order valence-electron chi connectivity index (χ3n) is 3.05. The topological polar surface area (TPSA) is 0 Å². The Bertz CT molecular complexity index is 628. The van der Waals surface area contributed by atoms with Crippen LogP contribution in [0.15, 0.2) is 97.1 Å². The van der Waals surface area contributed by atoms with Crippen molar-refractivity contribution >= 4 is 12.2 Å². The van der Waals surface area contributed by atoms with E-state index in [-0.39, 0.29) is 0 Å². The molecule has 0 heterocycles. The molecule has 0 bridgehead atoms. The molecule has 2 rings (SSSR count). The first-order chi connectivity index (χ1) is 10.9. The van der Waals surface area contributed by atoms with Crippen LogP contribution in [-0.4, -0.2) is 0 Å². The summed E-state index contributed by atoms with van der Waals surface area (Å²) in [6.45, 7) is 0. The Morgan fingerprint density at radius 1 is 0.545 bits per heavy atom. The molecule has 0 spiro atoms. The maximum Gasteiger partial charge on any atom is 0.00475 e. The van der Waals surface area contributed by atoms with Crippen LogP contribution in [0, 0.1) is 6.42 Å². The molecule has 0 atom stereocenters. The first kappa shape index (κ1) is 15.8. The highest BCUT2D eigenvalue weighted by atomic mass is 13.9. The lowest BCUT2D eigenvalue weighted by Gasteiger charge is -1.89. The smallest absolute Gasteiger partial charge is 0.00475 e. The van der Waals surface area contributed by atoms with Crippen LogP contribution in [0.3, 0.4) is 0 Å². The molecule has 0 aromatic heterocycles. The van der Waals surface area contributed by atoms with Crippen molar-refractivity contribution in [3.05, 3.63) is 115 Å². The van der Waals surface area contributed by atoms with Crippen molar-refractivity contribution in [2.24, 2.45) is 0 Å². The maximum absolute atomic E-state index is 2.17. The fourth-order valence-electron chi connectivity index (χ4n) is 1.93. The first-order valence-electron chi connectivity index (χ1n) is 7.55. The lowest BCUT2D eigenvalue weighted by Crippen LogP contribution is -1.68. The molecule has 0 N–H and O–H groups in total. The summed E-state index contributed by atoms with van der Waals surface area (Å²) in [5.74, 6) is 0. The van der Waals surface area contributed by atoms with E-state index in [0.29, 0.717) is 0 Å². The molecule has 0 unspecified atom stereocenters. The number of hydrogen-bond acceptors (Lipinski definition) is 0. The van der Waals surface area contributed by atoms with E-state index in [2.05, 4.69) is 72.9 Å². The minimum Gasteiger partial charge on any atom is -0.0841 e. The van der Waals surface area contributed by atoms with Crippen molar-refractivity contribution in [3.8, 4) is 0 Å². The zero-order chi connectivity index (χ0) is 15.3. The molecule has 1 radical (unpaired) electrons. The number of allylic oxidation sites excluding steroid dienone is 6. The Labute approximate surface area is 133 Å².